The molecule has 2 amide bonds. The SMILES string of the molecule is O=C1NC(=S)CCC1N1C(=O)c2ccccc2C1=S. The Kier molecular flexibility index (Phi) is 2.91. The summed E-state index contributed by atoms with van der Waals surface area (Å²) in [7, 11) is 0. The van der Waals surface area contributed by atoms with Crippen LogP contribution >= 0.6 is 24.4 Å². The summed E-state index contributed by atoms with van der Waals surface area (Å²) in [6.45, 7) is 0. The predicted molar refractivity (Wildman–Crippen MR) is 78.1 cm³/mol. The molecule has 2 heterocycles. The van der Waals surface area contributed by atoms with Crippen molar-refractivity contribution in [2.75, 3.05) is 0 Å². The van der Waals surface area contributed by atoms with Crippen molar-refractivity contribution < 1.29 is 9.59 Å². The second-order valence-electron chi connectivity index (χ2n) is 4.49. The summed E-state index contributed by atoms with van der Waals surface area (Å²) in [6, 6.07) is 6.60. The average molecular weight is 290 g/mol. The third kappa shape index (κ3) is 1.87. The van der Waals surface area contributed by atoms with Crippen LogP contribution in [0.2, 0.25) is 0 Å². The first-order chi connectivity index (χ1) is 9.09. The first-order valence-corrected chi connectivity index (χ1v) is 6.72. The zero-order valence-electron chi connectivity index (χ0n) is 9.88. The lowest BCUT2D eigenvalue weighted by Gasteiger charge is -2.30. The number of carbonyl (C=O) groups excluding carboxylic acids is 2. The molecule has 0 radical (unpaired) electrons. The van der Waals surface area contributed by atoms with Gasteiger partial charge in [-0.15, -0.1) is 0 Å². The Morgan fingerprint density at radius 3 is 2.47 bits per heavy atom. The normalized spacial score (nSPS) is 22.5. The fourth-order valence-corrected chi connectivity index (χ4v) is 3.03. The standard InChI is InChI=1S/C13H10N2O2S2/c16-11-9(5-6-10(18)14-11)15-12(17)7-3-1-2-4-8(7)13(15)19/h1-4,9H,5-6H2,(H,14,16,18). The summed E-state index contributed by atoms with van der Waals surface area (Å²) in [5.74, 6) is -0.451. The van der Waals surface area contributed by atoms with E-state index in [1.54, 1.807) is 18.2 Å². The summed E-state index contributed by atoms with van der Waals surface area (Å²) in [6.07, 6.45) is 1.11. The predicted octanol–water partition coefficient (Wildman–Crippen LogP) is 1.42. The van der Waals surface area contributed by atoms with E-state index in [9.17, 15) is 9.59 Å². The van der Waals surface area contributed by atoms with Crippen LogP contribution in [-0.4, -0.2) is 32.7 Å². The number of amides is 2. The molecule has 1 aromatic carbocycles. The zero-order chi connectivity index (χ0) is 13.6. The molecule has 4 nitrogen and oxygen atoms in total. The van der Waals surface area contributed by atoms with Crippen molar-refractivity contribution >= 4 is 46.2 Å². The maximum absolute atomic E-state index is 12.4. The Hall–Kier alpha value is -1.66. The zero-order valence-corrected chi connectivity index (χ0v) is 11.5. The maximum Gasteiger partial charge on any atom is 0.260 e. The summed E-state index contributed by atoms with van der Waals surface area (Å²) in [4.78, 5) is 26.7. The van der Waals surface area contributed by atoms with Crippen LogP contribution in [0.5, 0.6) is 0 Å². The molecule has 1 atom stereocenters. The molecule has 1 N–H and O–H groups in total. The molecule has 0 saturated carbocycles. The molecule has 0 bridgehead atoms. The van der Waals surface area contributed by atoms with E-state index >= 15 is 0 Å². The van der Waals surface area contributed by atoms with Crippen LogP contribution < -0.4 is 5.32 Å². The van der Waals surface area contributed by atoms with Crippen molar-refractivity contribution in [1.82, 2.24) is 10.2 Å². The van der Waals surface area contributed by atoms with Crippen molar-refractivity contribution in [3.05, 3.63) is 35.4 Å². The van der Waals surface area contributed by atoms with Crippen molar-refractivity contribution in [2.45, 2.75) is 18.9 Å². The van der Waals surface area contributed by atoms with Crippen LogP contribution in [0.15, 0.2) is 24.3 Å². The van der Waals surface area contributed by atoms with Crippen LogP contribution in [-0.2, 0) is 4.79 Å². The van der Waals surface area contributed by atoms with E-state index in [1.165, 1.54) is 4.90 Å². The molecule has 19 heavy (non-hydrogen) atoms. The number of benzene rings is 1. The highest BCUT2D eigenvalue weighted by Gasteiger charge is 2.41. The van der Waals surface area contributed by atoms with Crippen LogP contribution in [0.3, 0.4) is 0 Å². The molecule has 96 valence electrons. The summed E-state index contributed by atoms with van der Waals surface area (Å²) in [5.41, 5.74) is 1.29. The molecule has 2 aliphatic rings. The number of nitrogens with zero attached hydrogens (tertiary/aromatic N) is 1. The van der Waals surface area contributed by atoms with E-state index < -0.39 is 6.04 Å². The minimum Gasteiger partial charge on any atom is -0.319 e. The maximum atomic E-state index is 12.4. The molecule has 3 rings (SSSR count). The third-order valence-electron chi connectivity index (χ3n) is 3.35. The number of hydrogen-bond acceptors (Lipinski definition) is 4. The monoisotopic (exact) mass is 290 g/mol. The Morgan fingerprint density at radius 2 is 1.84 bits per heavy atom. The first kappa shape index (κ1) is 12.4. The number of thiocarbonyl (C=S) groups is 2. The van der Waals surface area contributed by atoms with Gasteiger partial charge in [-0.2, -0.15) is 0 Å². The van der Waals surface area contributed by atoms with Crippen LogP contribution in [0, 0.1) is 0 Å². The average Bonchev–Trinajstić information content (AvgIpc) is 2.64. The smallest absolute Gasteiger partial charge is 0.260 e. The first-order valence-electron chi connectivity index (χ1n) is 5.90. The minimum absolute atomic E-state index is 0.200. The van der Waals surface area contributed by atoms with Gasteiger partial charge in [-0.1, -0.05) is 42.6 Å². The lowest BCUT2D eigenvalue weighted by atomic mass is 10.1. The van der Waals surface area contributed by atoms with Crippen molar-refractivity contribution in [2.24, 2.45) is 0 Å². The molecule has 0 spiro atoms. The van der Waals surface area contributed by atoms with Gasteiger partial charge in [0.1, 0.15) is 11.0 Å². The number of hydrogen-bond donors (Lipinski definition) is 1. The highest BCUT2D eigenvalue weighted by Crippen LogP contribution is 2.27. The second-order valence-corrected chi connectivity index (χ2v) is 5.37. The molecular formula is C13H10N2O2S2. The number of carbonyl (C=O) groups is 2. The Morgan fingerprint density at radius 1 is 1.16 bits per heavy atom. The van der Waals surface area contributed by atoms with Gasteiger partial charge in [0.25, 0.3) is 5.91 Å². The Bertz CT molecular complexity index is 592. The number of fused-ring (bicyclic) bond motifs is 1. The van der Waals surface area contributed by atoms with Crippen LogP contribution in [0.1, 0.15) is 28.8 Å². The summed E-state index contributed by atoms with van der Waals surface area (Å²) >= 11 is 10.3. The van der Waals surface area contributed by atoms with Crippen LogP contribution in [0.4, 0.5) is 0 Å². The molecule has 1 unspecified atom stereocenters. The topological polar surface area (TPSA) is 49.4 Å². The number of rotatable bonds is 1. The van der Waals surface area contributed by atoms with Gasteiger partial charge in [0, 0.05) is 12.0 Å². The van der Waals surface area contributed by atoms with E-state index in [0.29, 0.717) is 28.4 Å². The molecule has 1 saturated heterocycles. The van der Waals surface area contributed by atoms with Gasteiger partial charge in [-0.05, 0) is 12.5 Å². The minimum atomic E-state index is -0.556. The van der Waals surface area contributed by atoms with Gasteiger partial charge < -0.3 is 5.32 Å². The lowest BCUT2D eigenvalue weighted by molar-refractivity contribution is -0.123. The third-order valence-corrected chi connectivity index (χ3v) is 4.07. The Labute approximate surface area is 120 Å². The van der Waals surface area contributed by atoms with Gasteiger partial charge in [-0.25, -0.2) is 0 Å². The molecule has 6 heteroatoms. The van der Waals surface area contributed by atoms with Crippen molar-refractivity contribution in [3.63, 3.8) is 0 Å². The quantitative estimate of drug-likeness (QED) is 0.795. The summed E-state index contributed by atoms with van der Waals surface area (Å²) in [5, 5.41) is 2.61. The fourth-order valence-electron chi connectivity index (χ4n) is 2.42. The van der Waals surface area contributed by atoms with Gasteiger partial charge in [0.2, 0.25) is 5.91 Å². The van der Waals surface area contributed by atoms with Crippen molar-refractivity contribution in [3.8, 4) is 0 Å². The van der Waals surface area contributed by atoms with Crippen molar-refractivity contribution in [1.29, 1.82) is 0 Å². The second kappa shape index (κ2) is 4.47. The highest BCUT2D eigenvalue weighted by atomic mass is 32.1. The van der Waals surface area contributed by atoms with Gasteiger partial charge in [0.05, 0.1) is 10.6 Å². The summed E-state index contributed by atoms with van der Waals surface area (Å²) < 4.78 is 0. The van der Waals surface area contributed by atoms with Gasteiger partial charge in [0.15, 0.2) is 0 Å². The molecule has 0 aromatic heterocycles. The fraction of sp³-hybridized carbons (Fsp3) is 0.231. The number of nitrogens with one attached hydrogen (secondary N) is 1. The molecule has 2 aliphatic heterocycles. The molecule has 1 fully saturated rings. The van der Waals surface area contributed by atoms with E-state index in [-0.39, 0.29) is 11.8 Å². The van der Waals surface area contributed by atoms with Gasteiger partial charge >= 0.3 is 0 Å². The molecular weight excluding hydrogens is 280 g/mol. The largest absolute Gasteiger partial charge is 0.319 e. The lowest BCUT2D eigenvalue weighted by Crippen LogP contribution is -2.53. The van der Waals surface area contributed by atoms with Crippen LogP contribution in [0.25, 0.3) is 0 Å². The number of piperidine rings is 1. The highest BCUT2D eigenvalue weighted by molar-refractivity contribution is 7.81. The van der Waals surface area contributed by atoms with E-state index in [4.69, 9.17) is 24.4 Å². The van der Waals surface area contributed by atoms with E-state index in [0.717, 1.165) is 5.56 Å². The van der Waals surface area contributed by atoms with E-state index in [1.807, 2.05) is 6.07 Å². The van der Waals surface area contributed by atoms with E-state index in [2.05, 4.69) is 5.32 Å². The molecule has 1 aromatic rings. The van der Waals surface area contributed by atoms with Gasteiger partial charge in [-0.3, -0.25) is 14.5 Å². The Balaban J connectivity index is 1.96. The molecule has 0 aliphatic carbocycles.